The summed E-state index contributed by atoms with van der Waals surface area (Å²) in [6.07, 6.45) is 1.52. The lowest BCUT2D eigenvalue weighted by molar-refractivity contribution is -0.123. The molecule has 2 atom stereocenters. The molecule has 0 bridgehead atoms. The number of hydrogen-bond acceptors (Lipinski definition) is 6. The maximum Gasteiger partial charge on any atom is 0.256 e. The maximum atomic E-state index is 13.7. The van der Waals surface area contributed by atoms with Gasteiger partial charge in [-0.2, -0.15) is 0 Å². The Morgan fingerprint density at radius 3 is 2.63 bits per heavy atom. The summed E-state index contributed by atoms with van der Waals surface area (Å²) in [5.41, 5.74) is 1.07. The molecule has 30 heavy (non-hydrogen) atoms. The number of nitrogens with zero attached hydrogens (tertiary/aromatic N) is 3. The Hall–Kier alpha value is -2.17. The minimum Gasteiger partial charge on any atom is -0.378 e. The monoisotopic (exact) mass is 436 g/mol. The van der Waals surface area contributed by atoms with Crippen molar-refractivity contribution in [2.24, 2.45) is 5.92 Å². The topological polar surface area (TPSA) is 99.3 Å². The van der Waals surface area contributed by atoms with Gasteiger partial charge in [-0.15, -0.1) is 0 Å². The van der Waals surface area contributed by atoms with E-state index >= 15 is 0 Å². The molecule has 2 amide bonds. The highest BCUT2D eigenvalue weighted by Gasteiger charge is 2.43. The van der Waals surface area contributed by atoms with Crippen LogP contribution in [0.2, 0.25) is 0 Å². The molecule has 10 heteroatoms. The van der Waals surface area contributed by atoms with E-state index in [1.807, 2.05) is 0 Å². The van der Waals surface area contributed by atoms with Gasteiger partial charge in [0.15, 0.2) is 0 Å². The molecule has 3 saturated heterocycles. The van der Waals surface area contributed by atoms with Crippen LogP contribution in [-0.2, 0) is 19.6 Å². The van der Waals surface area contributed by atoms with Crippen molar-refractivity contribution < 1.29 is 22.7 Å². The summed E-state index contributed by atoms with van der Waals surface area (Å²) in [6.45, 7) is 3.37. The molecule has 0 unspecified atom stereocenters. The van der Waals surface area contributed by atoms with Crippen LogP contribution in [0, 0.1) is 5.92 Å². The second-order valence-corrected chi connectivity index (χ2v) is 10.3. The summed E-state index contributed by atoms with van der Waals surface area (Å²) >= 11 is 0. The molecule has 0 saturated carbocycles. The normalized spacial score (nSPS) is 24.7. The van der Waals surface area contributed by atoms with Gasteiger partial charge >= 0.3 is 0 Å². The molecule has 3 aliphatic rings. The minimum absolute atomic E-state index is 0.00478. The smallest absolute Gasteiger partial charge is 0.256 e. The number of morpholine rings is 1. The second kappa shape index (κ2) is 8.16. The van der Waals surface area contributed by atoms with E-state index in [2.05, 4.69) is 10.2 Å². The summed E-state index contributed by atoms with van der Waals surface area (Å²) in [5.74, 6) is -0.420. The summed E-state index contributed by atoms with van der Waals surface area (Å²) in [7, 11) is -0.744. The van der Waals surface area contributed by atoms with Gasteiger partial charge in [-0.25, -0.2) is 12.7 Å². The van der Waals surface area contributed by atoms with Crippen molar-refractivity contribution in [1.82, 2.24) is 14.5 Å². The summed E-state index contributed by atoms with van der Waals surface area (Å²) in [6, 6.07) is 4.56. The molecule has 0 spiro atoms. The SMILES string of the molecule is CN(C)S(=O)(=O)c1ccc(N2CCOCC2)c(C(=O)N2CCC[C@@H]3C(=O)NC[C@@H]32)c1. The lowest BCUT2D eigenvalue weighted by Gasteiger charge is -2.37. The van der Waals surface area contributed by atoms with Gasteiger partial charge in [0.05, 0.1) is 35.6 Å². The van der Waals surface area contributed by atoms with Crippen LogP contribution in [0.1, 0.15) is 23.2 Å². The Kier molecular flexibility index (Phi) is 5.73. The highest BCUT2D eigenvalue weighted by molar-refractivity contribution is 7.89. The quantitative estimate of drug-likeness (QED) is 0.720. The number of nitrogens with one attached hydrogen (secondary N) is 1. The number of sulfonamides is 1. The number of amides is 2. The number of hydrogen-bond donors (Lipinski definition) is 1. The Morgan fingerprint density at radius 1 is 1.20 bits per heavy atom. The summed E-state index contributed by atoms with van der Waals surface area (Å²) in [4.78, 5) is 29.7. The first-order valence-corrected chi connectivity index (χ1v) is 11.7. The van der Waals surface area contributed by atoms with Crippen LogP contribution in [0.25, 0.3) is 0 Å². The minimum atomic E-state index is -3.68. The van der Waals surface area contributed by atoms with Gasteiger partial charge in [-0.1, -0.05) is 0 Å². The van der Waals surface area contributed by atoms with Crippen molar-refractivity contribution in [2.75, 3.05) is 58.4 Å². The molecule has 3 fully saturated rings. The Morgan fingerprint density at radius 2 is 1.93 bits per heavy atom. The van der Waals surface area contributed by atoms with E-state index in [1.165, 1.54) is 20.2 Å². The lowest BCUT2D eigenvalue weighted by atomic mass is 9.91. The van der Waals surface area contributed by atoms with Crippen LogP contribution in [0.4, 0.5) is 5.69 Å². The first-order valence-electron chi connectivity index (χ1n) is 10.3. The molecule has 1 N–H and O–H groups in total. The number of benzene rings is 1. The van der Waals surface area contributed by atoms with E-state index in [-0.39, 0.29) is 28.7 Å². The molecule has 3 heterocycles. The Bertz CT molecular complexity index is 943. The first kappa shape index (κ1) is 21.1. The van der Waals surface area contributed by atoms with E-state index in [0.717, 1.165) is 17.1 Å². The molecular weight excluding hydrogens is 408 g/mol. The van der Waals surface area contributed by atoms with Crippen LogP contribution in [0.3, 0.4) is 0 Å². The molecule has 0 radical (unpaired) electrons. The second-order valence-electron chi connectivity index (χ2n) is 8.13. The van der Waals surface area contributed by atoms with E-state index in [9.17, 15) is 18.0 Å². The highest BCUT2D eigenvalue weighted by Crippen LogP contribution is 2.32. The number of carbonyl (C=O) groups is 2. The average molecular weight is 437 g/mol. The van der Waals surface area contributed by atoms with E-state index in [1.54, 1.807) is 17.0 Å². The van der Waals surface area contributed by atoms with Crippen molar-refractivity contribution in [1.29, 1.82) is 0 Å². The predicted molar refractivity (Wildman–Crippen MR) is 111 cm³/mol. The van der Waals surface area contributed by atoms with Gasteiger partial charge in [0.2, 0.25) is 15.9 Å². The Balaban J connectivity index is 1.75. The molecule has 1 aromatic rings. The van der Waals surface area contributed by atoms with E-state index in [4.69, 9.17) is 4.74 Å². The standard InChI is InChI=1S/C20H28N4O5S/c1-22(2)30(27,28)14-5-6-17(23-8-10-29-11-9-23)16(12-14)20(26)24-7-3-4-15-18(24)13-21-19(15)25/h5-6,12,15,18H,3-4,7-11,13H2,1-2H3,(H,21,25)/t15-,18-/m0/s1. The van der Waals surface area contributed by atoms with Gasteiger partial charge in [0.25, 0.3) is 5.91 Å². The number of piperidine rings is 1. The lowest BCUT2D eigenvalue weighted by Crippen LogP contribution is -2.49. The fourth-order valence-corrected chi connectivity index (χ4v) is 5.42. The highest BCUT2D eigenvalue weighted by atomic mass is 32.2. The largest absolute Gasteiger partial charge is 0.378 e. The zero-order valence-electron chi connectivity index (χ0n) is 17.3. The molecule has 1 aromatic carbocycles. The van der Waals surface area contributed by atoms with Crippen LogP contribution in [0.5, 0.6) is 0 Å². The van der Waals surface area contributed by atoms with Crippen LogP contribution >= 0.6 is 0 Å². The number of likely N-dealkylation sites (tertiary alicyclic amines) is 1. The van der Waals surface area contributed by atoms with Crippen LogP contribution < -0.4 is 10.2 Å². The van der Waals surface area contributed by atoms with Crippen molar-refractivity contribution in [3.63, 3.8) is 0 Å². The molecule has 3 aliphatic heterocycles. The third-order valence-electron chi connectivity index (χ3n) is 6.19. The van der Waals surface area contributed by atoms with Crippen molar-refractivity contribution in [2.45, 2.75) is 23.8 Å². The maximum absolute atomic E-state index is 13.7. The number of rotatable bonds is 4. The Labute approximate surface area is 177 Å². The fourth-order valence-electron chi connectivity index (χ4n) is 4.50. The van der Waals surface area contributed by atoms with Gasteiger partial charge in [-0.3, -0.25) is 9.59 Å². The molecule has 0 aromatic heterocycles. The molecule has 0 aliphatic carbocycles. The van der Waals surface area contributed by atoms with E-state index in [0.29, 0.717) is 50.6 Å². The van der Waals surface area contributed by atoms with Gasteiger partial charge < -0.3 is 19.9 Å². The zero-order chi connectivity index (χ0) is 21.5. The third-order valence-corrected chi connectivity index (χ3v) is 8.00. The predicted octanol–water partition coefficient (Wildman–Crippen LogP) is 0.124. The summed E-state index contributed by atoms with van der Waals surface area (Å²) < 4.78 is 32.0. The van der Waals surface area contributed by atoms with Gasteiger partial charge in [0, 0.05) is 46.0 Å². The van der Waals surface area contributed by atoms with Crippen molar-refractivity contribution >= 4 is 27.5 Å². The molecular formula is C20H28N4O5S. The van der Waals surface area contributed by atoms with Crippen molar-refractivity contribution in [3.05, 3.63) is 23.8 Å². The van der Waals surface area contributed by atoms with Gasteiger partial charge in [-0.05, 0) is 31.0 Å². The number of ether oxygens (including phenoxy) is 1. The van der Waals surface area contributed by atoms with E-state index < -0.39 is 10.0 Å². The zero-order valence-corrected chi connectivity index (χ0v) is 18.2. The van der Waals surface area contributed by atoms with Crippen LogP contribution in [0.15, 0.2) is 23.1 Å². The fraction of sp³-hybridized carbons (Fsp3) is 0.600. The molecule has 164 valence electrons. The van der Waals surface area contributed by atoms with Gasteiger partial charge in [0.1, 0.15) is 0 Å². The average Bonchev–Trinajstić information content (AvgIpc) is 3.14. The summed E-state index contributed by atoms with van der Waals surface area (Å²) in [5, 5.41) is 2.86. The number of carbonyl (C=O) groups excluding carboxylic acids is 2. The number of fused-ring (bicyclic) bond motifs is 1. The molecule has 4 rings (SSSR count). The number of anilines is 1. The molecule has 9 nitrogen and oxygen atoms in total. The van der Waals surface area contributed by atoms with Crippen molar-refractivity contribution in [3.8, 4) is 0 Å². The first-order chi connectivity index (χ1) is 14.3. The third kappa shape index (κ3) is 3.67. The van der Waals surface area contributed by atoms with Crippen LogP contribution in [-0.4, -0.2) is 89.0 Å².